The number of nitrogens with zero attached hydrogens (tertiary/aromatic N) is 1. The van der Waals surface area contributed by atoms with Crippen molar-refractivity contribution in [3.8, 4) is 5.75 Å². The molecule has 0 aromatic heterocycles. The number of carbonyl (C=O) groups excluding carboxylic acids is 1. The first kappa shape index (κ1) is 16.5. The van der Waals surface area contributed by atoms with Gasteiger partial charge in [-0.05, 0) is 30.4 Å². The van der Waals surface area contributed by atoms with Gasteiger partial charge in [-0.2, -0.15) is 8.78 Å². The fourth-order valence-corrected chi connectivity index (χ4v) is 2.93. The standard InChI is InChI=1S/C17H21F2NO2/c1-12-9-13(2)11-20(10-12)16(21)8-7-14-5-3-4-6-15(14)22-17(18)19/h3-8,12-13,17H,9-11H2,1-2H3/b8-7+. The van der Waals surface area contributed by atoms with Crippen molar-refractivity contribution < 1.29 is 18.3 Å². The lowest BCUT2D eigenvalue weighted by atomic mass is 9.92. The van der Waals surface area contributed by atoms with Crippen LogP contribution >= 0.6 is 0 Å². The summed E-state index contributed by atoms with van der Waals surface area (Å²) in [7, 11) is 0. The minimum atomic E-state index is -2.88. The Morgan fingerprint density at radius 3 is 2.55 bits per heavy atom. The van der Waals surface area contributed by atoms with E-state index in [4.69, 9.17) is 0 Å². The maximum atomic E-state index is 12.4. The number of halogens is 2. The van der Waals surface area contributed by atoms with E-state index in [2.05, 4.69) is 18.6 Å². The van der Waals surface area contributed by atoms with Crippen molar-refractivity contribution in [3.63, 3.8) is 0 Å². The molecule has 1 fully saturated rings. The molecule has 3 nitrogen and oxygen atoms in total. The maximum Gasteiger partial charge on any atom is 0.387 e. The summed E-state index contributed by atoms with van der Waals surface area (Å²) in [4.78, 5) is 14.1. The van der Waals surface area contributed by atoms with Crippen molar-refractivity contribution in [1.82, 2.24) is 4.90 Å². The third kappa shape index (κ3) is 4.55. The van der Waals surface area contributed by atoms with Gasteiger partial charge >= 0.3 is 6.61 Å². The fraction of sp³-hybridized carbons (Fsp3) is 0.471. The Bertz CT molecular complexity index is 535. The summed E-state index contributed by atoms with van der Waals surface area (Å²) in [5, 5.41) is 0. The number of piperidine rings is 1. The molecule has 0 aliphatic carbocycles. The fourth-order valence-electron chi connectivity index (χ4n) is 2.93. The number of amides is 1. The Hall–Kier alpha value is -1.91. The number of para-hydroxylation sites is 1. The molecule has 2 atom stereocenters. The smallest absolute Gasteiger partial charge is 0.387 e. The molecule has 5 heteroatoms. The molecule has 0 N–H and O–H groups in total. The van der Waals surface area contributed by atoms with E-state index in [0.29, 0.717) is 17.4 Å². The summed E-state index contributed by atoms with van der Waals surface area (Å²) in [5.41, 5.74) is 0.467. The molecule has 120 valence electrons. The molecule has 1 aromatic carbocycles. The molecule has 1 aliphatic heterocycles. The minimum absolute atomic E-state index is 0.0712. The molecular formula is C17H21F2NO2. The van der Waals surface area contributed by atoms with Crippen LogP contribution in [-0.4, -0.2) is 30.5 Å². The highest BCUT2D eigenvalue weighted by molar-refractivity contribution is 5.92. The van der Waals surface area contributed by atoms with Gasteiger partial charge < -0.3 is 9.64 Å². The van der Waals surface area contributed by atoms with Crippen LogP contribution in [0, 0.1) is 11.8 Å². The zero-order valence-electron chi connectivity index (χ0n) is 12.8. The van der Waals surface area contributed by atoms with Gasteiger partial charge in [0.1, 0.15) is 5.75 Å². The molecule has 1 heterocycles. The van der Waals surface area contributed by atoms with Gasteiger partial charge in [-0.15, -0.1) is 0 Å². The Balaban J connectivity index is 2.06. The summed E-state index contributed by atoms with van der Waals surface area (Å²) in [6.07, 6.45) is 4.08. The molecular weight excluding hydrogens is 288 g/mol. The van der Waals surface area contributed by atoms with Crippen molar-refractivity contribution in [2.45, 2.75) is 26.9 Å². The van der Waals surface area contributed by atoms with E-state index in [1.165, 1.54) is 18.2 Å². The Kier molecular flexibility index (Phi) is 5.52. The molecule has 1 aliphatic rings. The number of hydrogen-bond acceptors (Lipinski definition) is 2. The highest BCUT2D eigenvalue weighted by atomic mass is 19.3. The second-order valence-electron chi connectivity index (χ2n) is 5.94. The molecule has 2 rings (SSSR count). The second-order valence-corrected chi connectivity index (χ2v) is 5.94. The number of likely N-dealkylation sites (tertiary alicyclic amines) is 1. The van der Waals surface area contributed by atoms with Gasteiger partial charge in [0.25, 0.3) is 0 Å². The van der Waals surface area contributed by atoms with Gasteiger partial charge in [-0.1, -0.05) is 32.0 Å². The van der Waals surface area contributed by atoms with E-state index in [-0.39, 0.29) is 11.7 Å². The SMILES string of the molecule is CC1CC(C)CN(C(=O)/C=C/c2ccccc2OC(F)F)C1. The first-order valence-electron chi connectivity index (χ1n) is 7.46. The number of ether oxygens (including phenoxy) is 1. The molecule has 22 heavy (non-hydrogen) atoms. The Morgan fingerprint density at radius 2 is 1.91 bits per heavy atom. The maximum absolute atomic E-state index is 12.4. The van der Waals surface area contributed by atoms with Crippen molar-refractivity contribution in [1.29, 1.82) is 0 Å². The highest BCUT2D eigenvalue weighted by Gasteiger charge is 2.24. The van der Waals surface area contributed by atoms with Crippen LogP contribution in [0.25, 0.3) is 6.08 Å². The normalized spacial score (nSPS) is 22.3. The molecule has 0 bridgehead atoms. The lowest BCUT2D eigenvalue weighted by Crippen LogP contribution is -2.41. The van der Waals surface area contributed by atoms with Crippen LogP contribution in [0.5, 0.6) is 5.75 Å². The first-order chi connectivity index (χ1) is 10.5. The summed E-state index contributed by atoms with van der Waals surface area (Å²) < 4.78 is 29.2. The Labute approximate surface area is 129 Å². The molecule has 0 radical (unpaired) electrons. The van der Waals surface area contributed by atoms with E-state index in [0.717, 1.165) is 19.5 Å². The van der Waals surface area contributed by atoms with Crippen molar-refractivity contribution in [3.05, 3.63) is 35.9 Å². The van der Waals surface area contributed by atoms with Crippen LogP contribution in [0.4, 0.5) is 8.78 Å². The Morgan fingerprint density at radius 1 is 1.27 bits per heavy atom. The number of hydrogen-bond donors (Lipinski definition) is 0. The topological polar surface area (TPSA) is 29.5 Å². The summed E-state index contributed by atoms with van der Waals surface area (Å²) in [5.74, 6) is 0.943. The van der Waals surface area contributed by atoms with E-state index < -0.39 is 6.61 Å². The third-order valence-electron chi connectivity index (χ3n) is 3.72. The van der Waals surface area contributed by atoms with Crippen LogP contribution in [0.15, 0.2) is 30.3 Å². The predicted molar refractivity (Wildman–Crippen MR) is 81.6 cm³/mol. The average molecular weight is 309 g/mol. The molecule has 0 saturated carbocycles. The van der Waals surface area contributed by atoms with E-state index >= 15 is 0 Å². The molecule has 1 aromatic rings. The third-order valence-corrected chi connectivity index (χ3v) is 3.72. The van der Waals surface area contributed by atoms with E-state index in [1.807, 2.05) is 4.90 Å². The summed E-state index contributed by atoms with van der Waals surface area (Å²) in [6.45, 7) is 2.86. The van der Waals surface area contributed by atoms with Crippen molar-refractivity contribution in [2.75, 3.05) is 13.1 Å². The van der Waals surface area contributed by atoms with Gasteiger partial charge in [0.05, 0.1) is 0 Å². The average Bonchev–Trinajstić information content (AvgIpc) is 2.44. The van der Waals surface area contributed by atoms with Crippen LogP contribution < -0.4 is 4.74 Å². The van der Waals surface area contributed by atoms with E-state index in [9.17, 15) is 13.6 Å². The largest absolute Gasteiger partial charge is 0.434 e. The number of carbonyl (C=O) groups is 1. The van der Waals surface area contributed by atoms with Crippen molar-refractivity contribution in [2.24, 2.45) is 11.8 Å². The summed E-state index contributed by atoms with van der Waals surface area (Å²) >= 11 is 0. The quantitative estimate of drug-likeness (QED) is 0.792. The van der Waals surface area contributed by atoms with Crippen LogP contribution in [-0.2, 0) is 4.79 Å². The zero-order chi connectivity index (χ0) is 16.1. The number of alkyl halides is 2. The van der Waals surface area contributed by atoms with Crippen LogP contribution in [0.3, 0.4) is 0 Å². The van der Waals surface area contributed by atoms with Gasteiger partial charge in [-0.3, -0.25) is 4.79 Å². The van der Waals surface area contributed by atoms with Crippen LogP contribution in [0.1, 0.15) is 25.8 Å². The molecule has 2 unspecified atom stereocenters. The molecule has 1 saturated heterocycles. The minimum Gasteiger partial charge on any atom is -0.434 e. The molecule has 0 spiro atoms. The first-order valence-corrected chi connectivity index (χ1v) is 7.46. The zero-order valence-corrected chi connectivity index (χ0v) is 12.8. The molecule has 1 amide bonds. The highest BCUT2D eigenvalue weighted by Crippen LogP contribution is 2.23. The van der Waals surface area contributed by atoms with Gasteiger partial charge in [0, 0.05) is 24.7 Å². The summed E-state index contributed by atoms with van der Waals surface area (Å²) in [6, 6.07) is 6.43. The number of benzene rings is 1. The van der Waals surface area contributed by atoms with Gasteiger partial charge in [-0.25, -0.2) is 0 Å². The van der Waals surface area contributed by atoms with Crippen LogP contribution in [0.2, 0.25) is 0 Å². The number of rotatable bonds is 4. The van der Waals surface area contributed by atoms with Gasteiger partial charge in [0.15, 0.2) is 0 Å². The lowest BCUT2D eigenvalue weighted by molar-refractivity contribution is -0.128. The predicted octanol–water partition coefficient (Wildman–Crippen LogP) is 3.81. The van der Waals surface area contributed by atoms with Gasteiger partial charge in [0.2, 0.25) is 5.91 Å². The van der Waals surface area contributed by atoms with Crippen molar-refractivity contribution >= 4 is 12.0 Å². The lowest BCUT2D eigenvalue weighted by Gasteiger charge is -2.34. The van der Waals surface area contributed by atoms with E-state index in [1.54, 1.807) is 18.2 Å². The monoisotopic (exact) mass is 309 g/mol. The second kappa shape index (κ2) is 7.38.